The molecule has 0 aliphatic carbocycles. The quantitative estimate of drug-likeness (QED) is 0.505. The van der Waals surface area contributed by atoms with Crippen LogP contribution in [0.3, 0.4) is 0 Å². The smallest absolute Gasteiger partial charge is 0.406 e. The zero-order valence-corrected chi connectivity index (χ0v) is 16.3. The molecule has 0 unspecified atom stereocenters. The fourth-order valence-corrected chi connectivity index (χ4v) is 3.32. The summed E-state index contributed by atoms with van der Waals surface area (Å²) in [6.45, 7) is 2.18. The van der Waals surface area contributed by atoms with Crippen LogP contribution >= 0.6 is 0 Å². The first-order valence-corrected chi connectivity index (χ1v) is 9.32. The van der Waals surface area contributed by atoms with Gasteiger partial charge in [0.05, 0.1) is 5.39 Å². The number of nitrogens with one attached hydrogen (secondary N) is 1. The van der Waals surface area contributed by atoms with Crippen LogP contribution in [-0.2, 0) is 6.54 Å². The highest BCUT2D eigenvalue weighted by atomic mass is 19.4. The fraction of sp³-hybridized carbons (Fsp3) is 0.136. The monoisotopic (exact) mass is 426 g/mol. The van der Waals surface area contributed by atoms with E-state index >= 15 is 0 Å². The van der Waals surface area contributed by atoms with Crippen molar-refractivity contribution in [3.63, 3.8) is 0 Å². The Morgan fingerprint density at radius 3 is 2.55 bits per heavy atom. The Kier molecular flexibility index (Phi) is 5.33. The molecule has 0 radical (unpaired) electrons. The highest BCUT2D eigenvalue weighted by molar-refractivity contribution is 5.91. The van der Waals surface area contributed by atoms with Gasteiger partial charge in [0.2, 0.25) is 0 Å². The summed E-state index contributed by atoms with van der Waals surface area (Å²) < 4.78 is 42.6. The maximum absolute atomic E-state index is 13.4. The zero-order valence-electron chi connectivity index (χ0n) is 16.3. The molecule has 0 atom stereocenters. The van der Waals surface area contributed by atoms with Crippen LogP contribution in [0.2, 0.25) is 0 Å². The lowest BCUT2D eigenvalue weighted by molar-refractivity contribution is -0.274. The Hall–Kier alpha value is -3.88. The molecule has 158 valence electrons. The van der Waals surface area contributed by atoms with Crippen molar-refractivity contribution in [1.29, 1.82) is 0 Å². The van der Waals surface area contributed by atoms with Crippen LogP contribution in [0, 0.1) is 6.92 Å². The van der Waals surface area contributed by atoms with Crippen LogP contribution in [0.4, 0.5) is 19.0 Å². The largest absolute Gasteiger partial charge is 0.573 e. The van der Waals surface area contributed by atoms with Gasteiger partial charge in [0, 0.05) is 36.5 Å². The lowest BCUT2D eigenvalue weighted by Crippen LogP contribution is -2.22. The normalized spacial score (nSPS) is 11.5. The highest BCUT2D eigenvalue weighted by Crippen LogP contribution is 2.25. The van der Waals surface area contributed by atoms with Gasteiger partial charge in [0.1, 0.15) is 11.6 Å². The van der Waals surface area contributed by atoms with E-state index in [4.69, 9.17) is 0 Å². The Morgan fingerprint density at radius 2 is 1.87 bits per heavy atom. The van der Waals surface area contributed by atoms with E-state index in [1.165, 1.54) is 28.8 Å². The summed E-state index contributed by atoms with van der Waals surface area (Å²) in [5.74, 6) is 0.0559. The molecule has 3 heterocycles. The minimum absolute atomic E-state index is 0.332. The molecule has 6 nitrogen and oxygen atoms in total. The average Bonchev–Trinajstić information content (AvgIpc) is 2.73. The lowest BCUT2D eigenvalue weighted by Gasteiger charge is -2.15. The van der Waals surface area contributed by atoms with E-state index < -0.39 is 6.36 Å². The third-order valence-electron chi connectivity index (χ3n) is 4.63. The number of ether oxygens (including phenoxy) is 1. The van der Waals surface area contributed by atoms with Gasteiger partial charge in [-0.25, -0.2) is 4.98 Å². The molecule has 0 saturated carbocycles. The molecule has 31 heavy (non-hydrogen) atoms. The summed E-state index contributed by atoms with van der Waals surface area (Å²) in [6.07, 6.45) is 0.218. The van der Waals surface area contributed by atoms with E-state index in [2.05, 4.69) is 20.0 Å². The topological polar surface area (TPSA) is 69.0 Å². The molecular formula is C22H17F3N4O2. The Bertz CT molecular complexity index is 1270. The summed E-state index contributed by atoms with van der Waals surface area (Å²) >= 11 is 0. The molecule has 3 aromatic heterocycles. The van der Waals surface area contributed by atoms with Crippen molar-refractivity contribution < 1.29 is 17.9 Å². The van der Waals surface area contributed by atoms with Crippen LogP contribution in [0.1, 0.15) is 11.3 Å². The van der Waals surface area contributed by atoms with Crippen molar-refractivity contribution in [2.24, 2.45) is 0 Å². The van der Waals surface area contributed by atoms with Crippen molar-refractivity contribution in [3.8, 4) is 11.4 Å². The number of nitrogens with zero attached hydrogens (tertiary/aromatic N) is 3. The summed E-state index contributed by atoms with van der Waals surface area (Å²) in [5, 5.41) is 4.26. The number of hydrogen-bond acceptors (Lipinski definition) is 5. The summed E-state index contributed by atoms with van der Waals surface area (Å²) in [6, 6.07) is 12.4. The maximum Gasteiger partial charge on any atom is 0.573 e. The van der Waals surface area contributed by atoms with E-state index in [0.717, 1.165) is 5.56 Å². The van der Waals surface area contributed by atoms with Crippen LogP contribution in [0.15, 0.2) is 71.9 Å². The SMILES string of the molecule is Cc1cc2ccnc(NCc3cccnc3)c2c(=O)n1-c1ccc(OC(F)(F)F)cc1. The molecule has 9 heteroatoms. The lowest BCUT2D eigenvalue weighted by atomic mass is 10.1. The minimum Gasteiger partial charge on any atom is -0.406 e. The fourth-order valence-electron chi connectivity index (χ4n) is 3.32. The van der Waals surface area contributed by atoms with Gasteiger partial charge in [0.25, 0.3) is 5.56 Å². The van der Waals surface area contributed by atoms with E-state index in [9.17, 15) is 18.0 Å². The Balaban J connectivity index is 1.74. The van der Waals surface area contributed by atoms with E-state index in [-0.39, 0.29) is 11.3 Å². The first-order valence-electron chi connectivity index (χ1n) is 9.32. The number of hydrogen-bond donors (Lipinski definition) is 1. The second kappa shape index (κ2) is 8.10. The molecule has 0 fully saturated rings. The third-order valence-corrected chi connectivity index (χ3v) is 4.63. The number of fused-ring (bicyclic) bond motifs is 1. The molecule has 0 amide bonds. The van der Waals surface area contributed by atoms with Crippen LogP contribution in [0.25, 0.3) is 16.5 Å². The predicted octanol–water partition coefficient (Wildman–Crippen LogP) is 4.60. The molecule has 1 N–H and O–H groups in total. The third kappa shape index (κ3) is 4.50. The Morgan fingerprint density at radius 1 is 1.10 bits per heavy atom. The molecule has 4 rings (SSSR count). The Labute approximate surface area is 175 Å². The van der Waals surface area contributed by atoms with Gasteiger partial charge >= 0.3 is 6.36 Å². The van der Waals surface area contributed by atoms with Crippen LogP contribution in [0.5, 0.6) is 5.75 Å². The van der Waals surface area contributed by atoms with Crippen LogP contribution < -0.4 is 15.6 Å². The molecule has 0 bridgehead atoms. The van der Waals surface area contributed by atoms with Gasteiger partial charge in [-0.05, 0) is 60.3 Å². The summed E-state index contributed by atoms with van der Waals surface area (Å²) in [4.78, 5) is 21.7. The van der Waals surface area contributed by atoms with Crippen molar-refractivity contribution in [3.05, 3.63) is 88.7 Å². The number of alkyl halides is 3. The van der Waals surface area contributed by atoms with Gasteiger partial charge in [-0.2, -0.15) is 0 Å². The van der Waals surface area contributed by atoms with Crippen LogP contribution in [-0.4, -0.2) is 20.9 Å². The minimum atomic E-state index is -4.78. The second-order valence-electron chi connectivity index (χ2n) is 6.81. The first kappa shape index (κ1) is 20.4. The van der Waals surface area contributed by atoms with Gasteiger partial charge < -0.3 is 10.1 Å². The first-order chi connectivity index (χ1) is 14.8. The number of aryl methyl sites for hydroxylation is 1. The van der Waals surface area contributed by atoms with Crippen molar-refractivity contribution in [1.82, 2.24) is 14.5 Å². The van der Waals surface area contributed by atoms with Crippen molar-refractivity contribution in [2.45, 2.75) is 19.8 Å². The number of anilines is 1. The van der Waals surface area contributed by atoms with Crippen molar-refractivity contribution in [2.75, 3.05) is 5.32 Å². The van der Waals surface area contributed by atoms with E-state index in [1.807, 2.05) is 18.2 Å². The molecule has 0 spiro atoms. The standard InChI is InChI=1S/C22H17F3N4O2/c1-14-11-16-8-10-27-20(28-13-15-3-2-9-26-12-15)19(16)21(30)29(14)17-4-6-18(7-5-17)31-22(23,24)25/h2-12H,13H2,1H3,(H,27,28). The zero-order chi connectivity index (χ0) is 22.0. The van der Waals surface area contributed by atoms with Gasteiger partial charge in [-0.1, -0.05) is 6.07 Å². The van der Waals surface area contributed by atoms with Gasteiger partial charge in [-0.3, -0.25) is 14.3 Å². The molecule has 0 aliphatic rings. The maximum atomic E-state index is 13.4. The average molecular weight is 426 g/mol. The molecule has 4 aromatic rings. The highest BCUT2D eigenvalue weighted by Gasteiger charge is 2.31. The predicted molar refractivity (Wildman–Crippen MR) is 110 cm³/mol. The number of aromatic nitrogens is 3. The van der Waals surface area contributed by atoms with E-state index in [1.54, 1.807) is 31.6 Å². The number of halogens is 3. The summed E-state index contributed by atoms with van der Waals surface area (Å²) in [5.41, 5.74) is 1.64. The van der Waals surface area contributed by atoms with Gasteiger partial charge in [0.15, 0.2) is 0 Å². The van der Waals surface area contributed by atoms with Crippen molar-refractivity contribution >= 4 is 16.6 Å². The summed E-state index contributed by atoms with van der Waals surface area (Å²) in [7, 11) is 0. The number of benzene rings is 1. The number of rotatable bonds is 5. The number of pyridine rings is 3. The van der Waals surface area contributed by atoms with E-state index in [0.29, 0.717) is 34.5 Å². The molecular weight excluding hydrogens is 409 g/mol. The molecule has 0 saturated heterocycles. The molecule has 1 aromatic carbocycles. The van der Waals surface area contributed by atoms with Gasteiger partial charge in [-0.15, -0.1) is 13.2 Å². The molecule has 0 aliphatic heterocycles. The second-order valence-corrected chi connectivity index (χ2v) is 6.81.